The third-order valence-corrected chi connectivity index (χ3v) is 5.39. The molecule has 0 radical (unpaired) electrons. The van der Waals surface area contributed by atoms with E-state index in [9.17, 15) is 9.59 Å². The van der Waals surface area contributed by atoms with E-state index < -0.39 is 11.9 Å². The van der Waals surface area contributed by atoms with Crippen LogP contribution in [0.3, 0.4) is 0 Å². The molecule has 138 valence electrons. The zero-order chi connectivity index (χ0) is 18.4. The van der Waals surface area contributed by atoms with Crippen LogP contribution < -0.4 is 0 Å². The molecule has 5 heteroatoms. The smallest absolute Gasteiger partial charge is 0.344 e. The van der Waals surface area contributed by atoms with E-state index in [0.29, 0.717) is 17.8 Å². The lowest BCUT2D eigenvalue weighted by atomic mass is 9.75. The number of halogens is 1. The Hall–Kier alpha value is -1.36. The van der Waals surface area contributed by atoms with Gasteiger partial charge >= 0.3 is 11.9 Å². The predicted octanol–water partition coefficient (Wildman–Crippen LogP) is 4.54. The molecule has 3 atom stereocenters. The number of rotatable bonds is 6. The monoisotopic (exact) mass is 410 g/mol. The summed E-state index contributed by atoms with van der Waals surface area (Å²) in [6.07, 6.45) is 3.23. The van der Waals surface area contributed by atoms with E-state index in [1.165, 1.54) is 6.42 Å². The normalized spacial score (nSPS) is 23.3. The van der Waals surface area contributed by atoms with Crippen LogP contribution in [-0.2, 0) is 25.5 Å². The number of esters is 2. The summed E-state index contributed by atoms with van der Waals surface area (Å²) in [5.41, 5.74) is 0.850. The summed E-state index contributed by atoms with van der Waals surface area (Å²) in [5, 5.41) is 0. The van der Waals surface area contributed by atoms with Crippen LogP contribution in [0.25, 0.3) is 0 Å². The lowest BCUT2D eigenvalue weighted by Crippen LogP contribution is -2.36. The molecule has 0 spiro atoms. The highest BCUT2D eigenvalue weighted by molar-refractivity contribution is 9.10. The van der Waals surface area contributed by atoms with Crippen LogP contribution in [0.4, 0.5) is 0 Å². The third-order valence-electron chi connectivity index (χ3n) is 4.86. The zero-order valence-electron chi connectivity index (χ0n) is 15.2. The molecule has 1 aliphatic carbocycles. The van der Waals surface area contributed by atoms with E-state index in [1.54, 1.807) is 0 Å². The van der Waals surface area contributed by atoms with Gasteiger partial charge in [-0.2, -0.15) is 0 Å². The average Bonchev–Trinajstić information content (AvgIpc) is 2.55. The number of carbonyl (C=O) groups is 2. The van der Waals surface area contributed by atoms with Gasteiger partial charge in [-0.15, -0.1) is 0 Å². The zero-order valence-corrected chi connectivity index (χ0v) is 16.8. The summed E-state index contributed by atoms with van der Waals surface area (Å²) in [6.45, 7) is 6.21. The van der Waals surface area contributed by atoms with Crippen molar-refractivity contribution in [2.75, 3.05) is 6.61 Å². The Morgan fingerprint density at radius 2 is 1.84 bits per heavy atom. The Bertz CT molecular complexity index is 582. The van der Waals surface area contributed by atoms with Crippen LogP contribution in [-0.4, -0.2) is 24.6 Å². The maximum atomic E-state index is 12.1. The molecule has 1 saturated carbocycles. The standard InChI is InChI=1S/C20H27BrO4/c1-13(2)17-9-4-14(3)10-18(17)25-20(23)12-24-19(22)11-15-5-7-16(21)8-6-15/h5-8,13-14,17-18H,4,9-12H2,1-3H3/t14-,17-,18-/m1/s1. The first-order valence-electron chi connectivity index (χ1n) is 8.94. The molecule has 1 fully saturated rings. The molecule has 1 aromatic rings. The molecular weight excluding hydrogens is 384 g/mol. The van der Waals surface area contributed by atoms with E-state index in [2.05, 4.69) is 36.7 Å². The minimum atomic E-state index is -0.450. The number of carbonyl (C=O) groups excluding carboxylic acids is 2. The lowest BCUT2D eigenvalue weighted by molar-refractivity contribution is -0.166. The first-order valence-corrected chi connectivity index (χ1v) is 9.74. The molecule has 0 N–H and O–H groups in total. The maximum absolute atomic E-state index is 12.1. The van der Waals surface area contributed by atoms with Crippen LogP contribution in [0.2, 0.25) is 0 Å². The van der Waals surface area contributed by atoms with Crippen molar-refractivity contribution in [2.45, 2.75) is 52.6 Å². The van der Waals surface area contributed by atoms with Crippen LogP contribution >= 0.6 is 15.9 Å². The highest BCUT2D eigenvalue weighted by Crippen LogP contribution is 2.35. The first kappa shape index (κ1) is 20.0. The Kier molecular flexibility index (Phi) is 7.48. The van der Waals surface area contributed by atoms with E-state index in [0.717, 1.165) is 22.9 Å². The summed E-state index contributed by atoms with van der Waals surface area (Å²) in [5.74, 6) is 0.558. The second-order valence-corrected chi connectivity index (χ2v) is 8.23. The fraction of sp³-hybridized carbons (Fsp3) is 0.600. The molecule has 25 heavy (non-hydrogen) atoms. The molecule has 0 saturated heterocycles. The quantitative estimate of drug-likeness (QED) is 0.645. The van der Waals surface area contributed by atoms with Gasteiger partial charge in [-0.3, -0.25) is 4.79 Å². The second-order valence-electron chi connectivity index (χ2n) is 7.32. The average molecular weight is 411 g/mol. The fourth-order valence-corrected chi connectivity index (χ4v) is 3.68. The molecular formula is C20H27BrO4. The lowest BCUT2D eigenvalue weighted by Gasteiger charge is -2.36. The SMILES string of the molecule is CC(C)[C@H]1CC[C@@H](C)C[C@H]1OC(=O)COC(=O)Cc1ccc(Br)cc1. The summed E-state index contributed by atoms with van der Waals surface area (Å²) in [7, 11) is 0. The highest BCUT2D eigenvalue weighted by atomic mass is 79.9. The third kappa shape index (κ3) is 6.46. The number of hydrogen-bond donors (Lipinski definition) is 0. The maximum Gasteiger partial charge on any atom is 0.344 e. The Morgan fingerprint density at radius 1 is 1.16 bits per heavy atom. The largest absolute Gasteiger partial charge is 0.460 e. The fourth-order valence-electron chi connectivity index (χ4n) is 3.41. The van der Waals surface area contributed by atoms with Crippen LogP contribution in [0.5, 0.6) is 0 Å². The molecule has 4 nitrogen and oxygen atoms in total. The van der Waals surface area contributed by atoms with Gasteiger partial charge in [0.2, 0.25) is 0 Å². The molecule has 0 amide bonds. The molecule has 0 aromatic heterocycles. The number of hydrogen-bond acceptors (Lipinski definition) is 4. The number of benzene rings is 1. The molecule has 0 unspecified atom stereocenters. The van der Waals surface area contributed by atoms with E-state index in [-0.39, 0.29) is 19.1 Å². The van der Waals surface area contributed by atoms with Crippen molar-refractivity contribution < 1.29 is 19.1 Å². The van der Waals surface area contributed by atoms with E-state index >= 15 is 0 Å². The van der Waals surface area contributed by atoms with Crippen LogP contribution in [0, 0.1) is 17.8 Å². The summed E-state index contributed by atoms with van der Waals surface area (Å²) in [4.78, 5) is 24.0. The highest BCUT2D eigenvalue weighted by Gasteiger charge is 2.33. The molecule has 0 bridgehead atoms. The van der Waals surface area contributed by atoms with E-state index in [4.69, 9.17) is 9.47 Å². The molecule has 2 rings (SSSR count). The van der Waals surface area contributed by atoms with Crippen molar-refractivity contribution >= 4 is 27.9 Å². The van der Waals surface area contributed by atoms with Crippen molar-refractivity contribution in [3.8, 4) is 0 Å². The molecule has 0 aliphatic heterocycles. The van der Waals surface area contributed by atoms with Crippen molar-refractivity contribution in [2.24, 2.45) is 17.8 Å². The van der Waals surface area contributed by atoms with Gasteiger partial charge in [0.25, 0.3) is 0 Å². The summed E-state index contributed by atoms with van der Waals surface area (Å²) < 4.78 is 11.7. The minimum Gasteiger partial charge on any atom is -0.460 e. The first-order chi connectivity index (χ1) is 11.8. The van der Waals surface area contributed by atoms with Gasteiger partial charge in [0.15, 0.2) is 6.61 Å². The van der Waals surface area contributed by atoms with Gasteiger partial charge in [-0.1, -0.05) is 55.3 Å². The molecule has 1 aromatic carbocycles. The Balaban J connectivity index is 1.78. The van der Waals surface area contributed by atoms with Crippen molar-refractivity contribution in [1.29, 1.82) is 0 Å². The van der Waals surface area contributed by atoms with Crippen molar-refractivity contribution in [1.82, 2.24) is 0 Å². The van der Waals surface area contributed by atoms with Crippen LogP contribution in [0.1, 0.15) is 45.6 Å². The Morgan fingerprint density at radius 3 is 2.48 bits per heavy atom. The predicted molar refractivity (Wildman–Crippen MR) is 100 cm³/mol. The van der Waals surface area contributed by atoms with Gasteiger partial charge in [0, 0.05) is 4.47 Å². The van der Waals surface area contributed by atoms with E-state index in [1.807, 2.05) is 24.3 Å². The second kappa shape index (κ2) is 9.37. The van der Waals surface area contributed by atoms with Gasteiger partial charge in [0.1, 0.15) is 6.10 Å². The molecule has 1 aliphatic rings. The van der Waals surface area contributed by atoms with Gasteiger partial charge in [-0.25, -0.2) is 4.79 Å². The number of ether oxygens (including phenoxy) is 2. The Labute approximate surface area is 158 Å². The topological polar surface area (TPSA) is 52.6 Å². The van der Waals surface area contributed by atoms with Gasteiger partial charge in [-0.05, 0) is 48.3 Å². The van der Waals surface area contributed by atoms with Gasteiger partial charge < -0.3 is 9.47 Å². The minimum absolute atomic E-state index is 0.0681. The molecule has 0 heterocycles. The van der Waals surface area contributed by atoms with Crippen LogP contribution in [0.15, 0.2) is 28.7 Å². The van der Waals surface area contributed by atoms with Crippen molar-refractivity contribution in [3.63, 3.8) is 0 Å². The van der Waals surface area contributed by atoms with Crippen molar-refractivity contribution in [3.05, 3.63) is 34.3 Å². The summed E-state index contributed by atoms with van der Waals surface area (Å²) >= 11 is 3.35. The van der Waals surface area contributed by atoms with Gasteiger partial charge in [0.05, 0.1) is 6.42 Å². The summed E-state index contributed by atoms with van der Waals surface area (Å²) in [6, 6.07) is 7.43.